The van der Waals surface area contributed by atoms with E-state index in [9.17, 15) is 14.4 Å². The molecule has 0 spiro atoms. The van der Waals surface area contributed by atoms with Crippen LogP contribution in [-0.4, -0.2) is 98.1 Å². The third-order valence-electron chi connectivity index (χ3n) is 4.96. The Morgan fingerprint density at radius 1 is 0.938 bits per heavy atom. The Kier molecular flexibility index (Phi) is 14.3. The number of alkyl halides is 1. The number of urea groups is 1. The van der Waals surface area contributed by atoms with Gasteiger partial charge in [0.1, 0.15) is 0 Å². The molecule has 0 aromatic rings. The van der Waals surface area contributed by atoms with Crippen molar-refractivity contribution in [1.29, 1.82) is 0 Å². The molecule has 0 aromatic heterocycles. The second-order valence-electron chi connectivity index (χ2n) is 7.52. The minimum Gasteiger partial charge on any atom is -0.380 e. The van der Waals surface area contributed by atoms with E-state index in [0.29, 0.717) is 65.6 Å². The summed E-state index contributed by atoms with van der Waals surface area (Å²) >= 11 is 3.97. The zero-order valence-electron chi connectivity index (χ0n) is 18.4. The molecule has 2 fully saturated rings. The lowest BCUT2D eigenvalue weighted by Crippen LogP contribution is -2.39. The highest BCUT2D eigenvalue weighted by molar-refractivity contribution is 14.1. The van der Waals surface area contributed by atoms with Gasteiger partial charge in [-0.25, -0.2) is 4.79 Å². The number of carbonyl (C=O) groups excluding carboxylic acids is 3. The summed E-state index contributed by atoms with van der Waals surface area (Å²) in [5.74, 6) is 0.943. The molecule has 0 aromatic carbocycles. The van der Waals surface area contributed by atoms with Gasteiger partial charge in [0, 0.05) is 49.3 Å². The summed E-state index contributed by atoms with van der Waals surface area (Å²) in [5, 5.41) is 11.8. The number of halogens is 1. The summed E-state index contributed by atoms with van der Waals surface area (Å²) in [6.07, 6.45) is 2.41. The van der Waals surface area contributed by atoms with Crippen LogP contribution in [0.2, 0.25) is 0 Å². The molecule has 2 heterocycles. The third-order valence-corrected chi connectivity index (χ3v) is 6.91. The maximum Gasteiger partial charge on any atom is 0.315 e. The van der Waals surface area contributed by atoms with Crippen LogP contribution in [0, 0.1) is 0 Å². The fourth-order valence-electron chi connectivity index (χ4n) is 3.28. The first-order chi connectivity index (χ1) is 15.6. The molecule has 0 saturated carbocycles. The number of fused-ring (bicyclic) bond motifs is 1. The van der Waals surface area contributed by atoms with Gasteiger partial charge in [-0.2, -0.15) is 11.8 Å². The van der Waals surface area contributed by atoms with Crippen molar-refractivity contribution >= 4 is 52.2 Å². The Labute approximate surface area is 207 Å². The van der Waals surface area contributed by atoms with Gasteiger partial charge in [0.25, 0.3) is 0 Å². The van der Waals surface area contributed by atoms with Gasteiger partial charge in [0.15, 0.2) is 0 Å². The number of thioether (sulfide) groups is 1. The fourth-order valence-corrected chi connectivity index (χ4v) is 5.18. The molecule has 0 radical (unpaired) electrons. The first-order valence-electron chi connectivity index (χ1n) is 11.1. The van der Waals surface area contributed by atoms with E-state index in [2.05, 4.69) is 43.9 Å². The SMILES string of the molecule is O=C(CCI)NCCCOCCOCCCNC(=O)CCOCC1SCC2NC(=O)NC21. The Balaban J connectivity index is 1.30. The lowest BCUT2D eigenvalue weighted by molar-refractivity contribution is -0.122. The standard InChI is InChI=1S/C20H35IN4O6S/c21-5-3-17(26)22-6-1-8-29-11-12-30-9-2-7-23-18(27)4-10-31-13-16-19-15(14-32-16)24-20(28)25-19/h15-16,19H,1-14H2,(H,22,26)(H,23,27)(H2,24,25,28). The van der Waals surface area contributed by atoms with Gasteiger partial charge < -0.3 is 35.5 Å². The van der Waals surface area contributed by atoms with Crippen LogP contribution in [0.3, 0.4) is 0 Å². The van der Waals surface area contributed by atoms with Gasteiger partial charge >= 0.3 is 6.03 Å². The summed E-state index contributed by atoms with van der Waals surface area (Å²) in [4.78, 5) is 34.5. The summed E-state index contributed by atoms with van der Waals surface area (Å²) in [5.41, 5.74) is 0. The molecular formula is C20H35IN4O6S. The Hall–Kier alpha value is -0.830. The van der Waals surface area contributed by atoms with Crippen molar-refractivity contribution in [2.24, 2.45) is 0 Å². The molecule has 2 saturated heterocycles. The third kappa shape index (κ3) is 11.3. The van der Waals surface area contributed by atoms with Crippen LogP contribution < -0.4 is 21.3 Å². The molecule has 2 rings (SSSR count). The second-order valence-corrected chi connectivity index (χ2v) is 9.87. The molecule has 0 bridgehead atoms. The number of hydrogen-bond donors (Lipinski definition) is 4. The van der Waals surface area contributed by atoms with Crippen molar-refractivity contribution in [3.05, 3.63) is 0 Å². The Morgan fingerprint density at radius 3 is 2.25 bits per heavy atom. The van der Waals surface area contributed by atoms with Gasteiger partial charge in [-0.1, -0.05) is 22.6 Å². The van der Waals surface area contributed by atoms with Gasteiger partial charge in [-0.15, -0.1) is 0 Å². The largest absolute Gasteiger partial charge is 0.380 e. The van der Waals surface area contributed by atoms with Crippen molar-refractivity contribution in [1.82, 2.24) is 21.3 Å². The predicted molar refractivity (Wildman–Crippen MR) is 131 cm³/mol. The molecule has 12 heteroatoms. The van der Waals surface area contributed by atoms with Crippen LogP contribution in [0.4, 0.5) is 4.79 Å². The smallest absolute Gasteiger partial charge is 0.315 e. The summed E-state index contributed by atoms with van der Waals surface area (Å²) in [6, 6.07) is 0.192. The zero-order chi connectivity index (χ0) is 23.0. The molecular weight excluding hydrogens is 551 g/mol. The number of nitrogens with one attached hydrogen (secondary N) is 4. The monoisotopic (exact) mass is 586 g/mol. The van der Waals surface area contributed by atoms with E-state index in [0.717, 1.165) is 23.0 Å². The fraction of sp³-hybridized carbons (Fsp3) is 0.850. The average Bonchev–Trinajstić information content (AvgIpc) is 3.31. The molecule has 184 valence electrons. The van der Waals surface area contributed by atoms with Crippen LogP contribution in [0.15, 0.2) is 0 Å². The quantitative estimate of drug-likeness (QED) is 0.0795. The zero-order valence-corrected chi connectivity index (χ0v) is 21.3. The van der Waals surface area contributed by atoms with Crippen molar-refractivity contribution < 1.29 is 28.6 Å². The van der Waals surface area contributed by atoms with Crippen molar-refractivity contribution in [3.8, 4) is 0 Å². The summed E-state index contributed by atoms with van der Waals surface area (Å²) in [6.45, 7) is 4.30. The van der Waals surface area contributed by atoms with Crippen LogP contribution in [0.1, 0.15) is 25.7 Å². The summed E-state index contributed by atoms with van der Waals surface area (Å²) < 4.78 is 17.4. The van der Waals surface area contributed by atoms with Gasteiger partial charge in [-0.05, 0) is 12.8 Å². The van der Waals surface area contributed by atoms with Gasteiger partial charge in [-0.3, -0.25) is 9.59 Å². The van der Waals surface area contributed by atoms with Gasteiger partial charge in [0.05, 0.1) is 43.8 Å². The molecule has 2 aliphatic heterocycles. The normalized spacial score (nSPS) is 21.7. The van der Waals surface area contributed by atoms with E-state index in [-0.39, 0.29) is 35.2 Å². The van der Waals surface area contributed by atoms with Crippen LogP contribution in [0.25, 0.3) is 0 Å². The lowest BCUT2D eigenvalue weighted by Gasteiger charge is -2.16. The topological polar surface area (TPSA) is 127 Å². The van der Waals surface area contributed by atoms with E-state index in [1.807, 2.05) is 0 Å². The molecule has 3 atom stereocenters. The van der Waals surface area contributed by atoms with Crippen LogP contribution in [0.5, 0.6) is 0 Å². The van der Waals surface area contributed by atoms with E-state index < -0.39 is 0 Å². The maximum atomic E-state index is 11.9. The van der Waals surface area contributed by atoms with Crippen molar-refractivity contribution in [2.75, 3.05) is 62.9 Å². The Morgan fingerprint density at radius 2 is 1.59 bits per heavy atom. The minimum absolute atomic E-state index is 0.0355. The highest BCUT2D eigenvalue weighted by atomic mass is 127. The molecule has 2 aliphatic rings. The number of hydrogen-bond acceptors (Lipinski definition) is 7. The summed E-state index contributed by atoms with van der Waals surface area (Å²) in [7, 11) is 0. The highest BCUT2D eigenvalue weighted by Gasteiger charge is 2.43. The van der Waals surface area contributed by atoms with Crippen molar-refractivity contribution in [2.45, 2.75) is 43.0 Å². The van der Waals surface area contributed by atoms with Gasteiger partial charge in [0.2, 0.25) is 11.8 Å². The predicted octanol–water partition coefficient (Wildman–Crippen LogP) is 0.429. The van der Waals surface area contributed by atoms with E-state index in [1.165, 1.54) is 0 Å². The number of carbonyl (C=O) groups is 3. The number of ether oxygens (including phenoxy) is 3. The van der Waals surface area contributed by atoms with Crippen molar-refractivity contribution in [3.63, 3.8) is 0 Å². The molecule has 0 aliphatic carbocycles. The number of amides is 4. The molecule has 10 nitrogen and oxygen atoms in total. The molecule has 4 N–H and O–H groups in total. The maximum absolute atomic E-state index is 11.9. The van der Waals surface area contributed by atoms with Crippen LogP contribution >= 0.6 is 34.4 Å². The average molecular weight is 586 g/mol. The first kappa shape index (κ1) is 27.4. The first-order valence-corrected chi connectivity index (χ1v) is 13.7. The van der Waals surface area contributed by atoms with E-state index in [1.54, 1.807) is 11.8 Å². The number of rotatable bonds is 18. The van der Waals surface area contributed by atoms with E-state index >= 15 is 0 Å². The molecule has 4 amide bonds. The van der Waals surface area contributed by atoms with Crippen LogP contribution in [-0.2, 0) is 23.8 Å². The Bertz CT molecular complexity index is 588. The van der Waals surface area contributed by atoms with E-state index in [4.69, 9.17) is 14.2 Å². The highest BCUT2D eigenvalue weighted by Crippen LogP contribution is 2.29. The minimum atomic E-state index is -0.106. The molecule has 32 heavy (non-hydrogen) atoms. The lowest BCUT2D eigenvalue weighted by atomic mass is 10.1. The second kappa shape index (κ2) is 16.7. The molecule has 3 unspecified atom stereocenters.